The van der Waals surface area contributed by atoms with Gasteiger partial charge in [-0.2, -0.15) is 0 Å². The molecule has 1 atom stereocenters. The molecule has 0 fully saturated rings. The van der Waals surface area contributed by atoms with E-state index in [1.165, 1.54) is 44.9 Å². The van der Waals surface area contributed by atoms with Crippen LogP contribution in [0, 0.1) is 5.92 Å². The number of carbonyl (C=O) groups excluding carboxylic acids is 2. The highest BCUT2D eigenvalue weighted by atomic mass is 16.6. The van der Waals surface area contributed by atoms with Crippen molar-refractivity contribution in [1.29, 1.82) is 0 Å². The smallest absolute Gasteiger partial charge is 0.347 e. The van der Waals surface area contributed by atoms with E-state index in [0.717, 1.165) is 49.0 Å². The highest BCUT2D eigenvalue weighted by Gasteiger charge is 2.19. The van der Waals surface area contributed by atoms with Crippen LogP contribution in [0.2, 0.25) is 0 Å². The third kappa shape index (κ3) is 13.3. The van der Waals surface area contributed by atoms with Crippen molar-refractivity contribution in [2.45, 2.75) is 111 Å². The maximum Gasteiger partial charge on any atom is 0.347 e. The molecule has 3 rings (SSSR count). The van der Waals surface area contributed by atoms with Gasteiger partial charge in [-0.25, -0.2) is 9.59 Å². The van der Waals surface area contributed by atoms with Gasteiger partial charge in [-0.3, -0.25) is 0 Å². The zero-order valence-corrected chi connectivity index (χ0v) is 28.4. The van der Waals surface area contributed by atoms with Crippen LogP contribution in [0.3, 0.4) is 0 Å². The summed E-state index contributed by atoms with van der Waals surface area (Å²) in [6.45, 7) is 9.39. The molecular formula is C40H54O6. The summed E-state index contributed by atoms with van der Waals surface area (Å²) < 4.78 is 22.8. The molecule has 3 aromatic rings. The maximum absolute atomic E-state index is 12.7. The summed E-state index contributed by atoms with van der Waals surface area (Å²) in [5.41, 5.74) is 2.42. The minimum absolute atomic E-state index is 0.343. The van der Waals surface area contributed by atoms with Crippen LogP contribution in [-0.2, 0) is 9.53 Å². The Morgan fingerprint density at radius 2 is 1.13 bits per heavy atom. The Hall–Kier alpha value is -3.80. The molecule has 3 aromatic carbocycles. The van der Waals surface area contributed by atoms with Crippen LogP contribution in [0.4, 0.5) is 0 Å². The lowest BCUT2D eigenvalue weighted by Gasteiger charge is -2.18. The Morgan fingerprint density at radius 1 is 0.609 bits per heavy atom. The van der Waals surface area contributed by atoms with Crippen molar-refractivity contribution in [3.63, 3.8) is 0 Å². The number of benzene rings is 3. The van der Waals surface area contributed by atoms with Crippen LogP contribution < -0.4 is 14.2 Å². The van der Waals surface area contributed by atoms with Crippen molar-refractivity contribution in [3.8, 4) is 28.4 Å². The highest BCUT2D eigenvalue weighted by Crippen LogP contribution is 2.26. The molecular weight excluding hydrogens is 576 g/mol. The lowest BCUT2D eigenvalue weighted by atomic mass is 9.99. The summed E-state index contributed by atoms with van der Waals surface area (Å²) in [4.78, 5) is 25.2. The summed E-state index contributed by atoms with van der Waals surface area (Å²) in [5, 5.41) is 0. The molecule has 0 aromatic heterocycles. The first-order chi connectivity index (χ1) is 22.4. The predicted octanol–water partition coefficient (Wildman–Crippen LogP) is 10.6. The number of esters is 2. The molecule has 0 N–H and O–H groups in total. The normalized spacial score (nSPS) is 11.7. The summed E-state index contributed by atoms with van der Waals surface area (Å²) in [6.07, 6.45) is 13.7. The quantitative estimate of drug-likeness (QED) is 0.0625. The van der Waals surface area contributed by atoms with Crippen molar-refractivity contribution < 1.29 is 28.5 Å². The largest absolute Gasteiger partial charge is 0.494 e. The van der Waals surface area contributed by atoms with Gasteiger partial charge in [0, 0.05) is 0 Å². The molecule has 0 saturated carbocycles. The molecule has 0 aliphatic carbocycles. The molecule has 0 amide bonds. The summed E-state index contributed by atoms with van der Waals surface area (Å²) >= 11 is 0. The lowest BCUT2D eigenvalue weighted by Crippen LogP contribution is -2.28. The van der Waals surface area contributed by atoms with Gasteiger partial charge in [0.25, 0.3) is 0 Å². The number of ether oxygens (including phenoxy) is 4. The Morgan fingerprint density at radius 3 is 1.70 bits per heavy atom. The fourth-order valence-electron chi connectivity index (χ4n) is 5.42. The van der Waals surface area contributed by atoms with Gasteiger partial charge in [-0.05, 0) is 91.8 Å². The van der Waals surface area contributed by atoms with Gasteiger partial charge in [0.05, 0.1) is 18.8 Å². The maximum atomic E-state index is 12.7. The van der Waals surface area contributed by atoms with E-state index in [1.807, 2.05) is 48.5 Å². The third-order valence-corrected chi connectivity index (χ3v) is 8.11. The molecule has 0 heterocycles. The van der Waals surface area contributed by atoms with E-state index in [-0.39, 0.29) is 5.97 Å². The van der Waals surface area contributed by atoms with Crippen molar-refractivity contribution >= 4 is 11.9 Å². The molecule has 0 aliphatic heterocycles. The van der Waals surface area contributed by atoms with E-state index >= 15 is 0 Å². The van der Waals surface area contributed by atoms with Crippen LogP contribution in [0.1, 0.15) is 115 Å². The molecule has 0 aliphatic rings. The fourth-order valence-corrected chi connectivity index (χ4v) is 5.42. The highest BCUT2D eigenvalue weighted by molar-refractivity contribution is 5.91. The molecule has 0 spiro atoms. The van der Waals surface area contributed by atoms with Crippen molar-refractivity contribution in [1.82, 2.24) is 0 Å². The van der Waals surface area contributed by atoms with E-state index in [1.54, 1.807) is 31.2 Å². The van der Waals surface area contributed by atoms with E-state index in [9.17, 15) is 9.59 Å². The van der Waals surface area contributed by atoms with Crippen molar-refractivity contribution in [3.05, 3.63) is 78.4 Å². The monoisotopic (exact) mass is 630 g/mol. The Kier molecular flexibility index (Phi) is 16.8. The summed E-state index contributed by atoms with van der Waals surface area (Å²) in [6, 6.07) is 22.0. The van der Waals surface area contributed by atoms with Crippen LogP contribution in [-0.4, -0.2) is 31.3 Å². The van der Waals surface area contributed by atoms with Gasteiger partial charge in [-0.15, -0.1) is 0 Å². The zero-order valence-electron chi connectivity index (χ0n) is 28.4. The number of rotatable bonds is 22. The summed E-state index contributed by atoms with van der Waals surface area (Å²) in [7, 11) is 0. The molecule has 6 heteroatoms. The van der Waals surface area contributed by atoms with Crippen molar-refractivity contribution in [2.24, 2.45) is 5.92 Å². The number of carbonyl (C=O) groups is 2. The molecule has 0 bridgehead atoms. The lowest BCUT2D eigenvalue weighted by molar-refractivity contribution is -0.152. The van der Waals surface area contributed by atoms with Gasteiger partial charge >= 0.3 is 11.9 Å². The Labute approximate surface area is 276 Å². The minimum atomic E-state index is -0.688. The Bertz CT molecular complexity index is 1260. The number of hydrogen-bond donors (Lipinski definition) is 0. The second kappa shape index (κ2) is 21.1. The number of unbranched alkanes of at least 4 members (excludes halogenated alkanes) is 7. The van der Waals surface area contributed by atoms with E-state index in [2.05, 4.69) is 20.8 Å². The van der Waals surface area contributed by atoms with Gasteiger partial charge in [0.2, 0.25) is 0 Å². The molecule has 0 radical (unpaired) electrons. The van der Waals surface area contributed by atoms with Crippen LogP contribution >= 0.6 is 0 Å². The summed E-state index contributed by atoms with van der Waals surface area (Å²) in [5.74, 6) is 1.48. The minimum Gasteiger partial charge on any atom is -0.494 e. The molecule has 6 nitrogen and oxygen atoms in total. The fraction of sp³-hybridized carbons (Fsp3) is 0.500. The first-order valence-corrected chi connectivity index (χ1v) is 17.4. The van der Waals surface area contributed by atoms with Crippen molar-refractivity contribution in [2.75, 3.05) is 13.2 Å². The first-order valence-electron chi connectivity index (χ1n) is 17.4. The van der Waals surface area contributed by atoms with Crippen LogP contribution in [0.15, 0.2) is 72.8 Å². The average molecular weight is 631 g/mol. The van der Waals surface area contributed by atoms with Crippen LogP contribution in [0.25, 0.3) is 11.1 Å². The van der Waals surface area contributed by atoms with E-state index in [4.69, 9.17) is 18.9 Å². The predicted molar refractivity (Wildman–Crippen MR) is 186 cm³/mol. The second-order valence-electron chi connectivity index (χ2n) is 12.1. The molecule has 1 unspecified atom stereocenters. The molecule has 250 valence electrons. The van der Waals surface area contributed by atoms with E-state index in [0.29, 0.717) is 36.2 Å². The average Bonchev–Trinajstić information content (AvgIpc) is 3.07. The molecule has 0 saturated heterocycles. The first kappa shape index (κ1) is 36.7. The molecule has 46 heavy (non-hydrogen) atoms. The van der Waals surface area contributed by atoms with Gasteiger partial charge in [0.1, 0.15) is 17.2 Å². The Balaban J connectivity index is 1.41. The standard InChI is InChI=1S/C40H54O6/c1-5-8-9-10-11-12-13-14-29-43-36-23-21-35(22-24-36)40(42)46-38-27-19-34(20-28-38)33-17-25-37(26-18-33)45-31(4)39(41)44-30-32(15-6-2)16-7-3/h17-28,31-32H,5-16,29-30H2,1-4H3. The number of hydrogen-bond acceptors (Lipinski definition) is 6. The third-order valence-electron chi connectivity index (χ3n) is 8.11. The topological polar surface area (TPSA) is 71.1 Å². The van der Waals surface area contributed by atoms with Crippen LogP contribution in [0.5, 0.6) is 17.2 Å². The second-order valence-corrected chi connectivity index (χ2v) is 12.1. The SMILES string of the molecule is CCCCCCCCCCOc1ccc(C(=O)Oc2ccc(-c3ccc(OC(C)C(=O)OCC(CCC)CCC)cc3)cc2)cc1. The van der Waals surface area contributed by atoms with Gasteiger partial charge in [0.15, 0.2) is 6.10 Å². The van der Waals surface area contributed by atoms with E-state index < -0.39 is 12.1 Å². The van der Waals surface area contributed by atoms with Gasteiger partial charge in [-0.1, -0.05) is 103 Å². The van der Waals surface area contributed by atoms with Gasteiger partial charge < -0.3 is 18.9 Å². The zero-order chi connectivity index (χ0) is 33.0.